The number of hydrogen-bond donors (Lipinski definition) is 1. The Labute approximate surface area is 96.5 Å². The summed E-state index contributed by atoms with van der Waals surface area (Å²) in [5.74, 6) is -2.53. The van der Waals surface area contributed by atoms with Gasteiger partial charge in [-0.3, -0.25) is 0 Å². The summed E-state index contributed by atoms with van der Waals surface area (Å²) >= 11 is 0. The Hall–Kier alpha value is -0.840. The number of carboxylic acid groups (broad SMARTS) is 2. The van der Waals surface area contributed by atoms with Crippen LogP contribution in [0.4, 0.5) is 0 Å². The van der Waals surface area contributed by atoms with Gasteiger partial charge < -0.3 is 15.0 Å². The summed E-state index contributed by atoms with van der Waals surface area (Å²) in [6.07, 6.45) is 0. The molecule has 0 aromatic heterocycles. The molecule has 1 rings (SSSR count). The second-order valence-corrected chi connectivity index (χ2v) is 2.17. The predicted molar refractivity (Wildman–Crippen MR) is 37.7 cm³/mol. The number of aromatic carboxylic acids is 2. The van der Waals surface area contributed by atoms with Crippen molar-refractivity contribution in [3.05, 3.63) is 35.4 Å². The number of carboxylic acids is 2. The molecule has 0 atom stereocenters. The van der Waals surface area contributed by atoms with Crippen LogP contribution in [-0.2, 0) is 0 Å². The van der Waals surface area contributed by atoms with Crippen LogP contribution in [0, 0.1) is 0 Å². The van der Waals surface area contributed by atoms with Crippen LogP contribution in [0.2, 0.25) is 0 Å². The first kappa shape index (κ1) is 12.2. The third-order valence-corrected chi connectivity index (χ3v) is 1.35. The average Bonchev–Trinajstić information content (AvgIpc) is 2.04. The van der Waals surface area contributed by atoms with Gasteiger partial charge in [0.15, 0.2) is 0 Å². The number of carbonyl (C=O) groups excluding carboxylic acids is 1. The molecule has 4 nitrogen and oxygen atoms in total. The van der Waals surface area contributed by atoms with Gasteiger partial charge in [-0.25, -0.2) is 4.79 Å². The Balaban J connectivity index is 0.00000144. The van der Waals surface area contributed by atoms with Crippen LogP contribution >= 0.6 is 0 Å². The van der Waals surface area contributed by atoms with Crippen LogP contribution in [-0.4, -0.2) is 17.0 Å². The monoisotopic (exact) mass is 188 g/mol. The molecule has 1 N–H and O–H groups in total. The second-order valence-electron chi connectivity index (χ2n) is 2.17. The summed E-state index contributed by atoms with van der Waals surface area (Å²) in [6, 6.07) is 5.00. The standard InChI is InChI=1S/C8H6O4.Na/c9-7(10)5-2-1-3-6(4-5)8(11)12;/h1-4H,(H,9,10)(H,11,12);/q;+1/p-1. The first-order valence-electron chi connectivity index (χ1n) is 3.16. The van der Waals surface area contributed by atoms with Crippen LogP contribution in [0.25, 0.3) is 0 Å². The Bertz CT molecular complexity index is 305. The van der Waals surface area contributed by atoms with Crippen molar-refractivity contribution in [2.75, 3.05) is 0 Å². The maximum atomic E-state index is 10.4. The van der Waals surface area contributed by atoms with Crippen molar-refractivity contribution in [3.8, 4) is 0 Å². The smallest absolute Gasteiger partial charge is 0.545 e. The van der Waals surface area contributed by atoms with E-state index in [1.165, 1.54) is 18.2 Å². The molecule has 0 unspecified atom stereocenters. The van der Waals surface area contributed by atoms with E-state index in [1.54, 1.807) is 0 Å². The molecule has 0 radical (unpaired) electrons. The summed E-state index contributed by atoms with van der Waals surface area (Å²) in [4.78, 5) is 20.6. The average molecular weight is 188 g/mol. The Morgan fingerprint density at radius 2 is 1.77 bits per heavy atom. The third kappa shape index (κ3) is 3.18. The second kappa shape index (κ2) is 5.01. The molecule has 0 spiro atoms. The van der Waals surface area contributed by atoms with Crippen LogP contribution < -0.4 is 34.7 Å². The fourth-order valence-electron chi connectivity index (χ4n) is 0.779. The van der Waals surface area contributed by atoms with Gasteiger partial charge in [-0.05, 0) is 17.7 Å². The van der Waals surface area contributed by atoms with Crippen molar-refractivity contribution in [1.29, 1.82) is 0 Å². The van der Waals surface area contributed by atoms with Crippen molar-refractivity contribution in [2.45, 2.75) is 0 Å². The van der Waals surface area contributed by atoms with Gasteiger partial charge in [-0.1, -0.05) is 12.1 Å². The van der Waals surface area contributed by atoms with E-state index >= 15 is 0 Å². The van der Waals surface area contributed by atoms with Gasteiger partial charge in [0.2, 0.25) is 0 Å². The number of rotatable bonds is 2. The molecule has 62 valence electrons. The summed E-state index contributed by atoms with van der Waals surface area (Å²) < 4.78 is 0. The zero-order valence-corrected chi connectivity index (χ0v) is 8.98. The fraction of sp³-hybridized carbons (Fsp3) is 0. The minimum Gasteiger partial charge on any atom is -0.545 e. The van der Waals surface area contributed by atoms with Crippen LogP contribution in [0.1, 0.15) is 20.7 Å². The summed E-state index contributed by atoms with van der Waals surface area (Å²) in [5.41, 5.74) is -0.188. The van der Waals surface area contributed by atoms with E-state index in [0.717, 1.165) is 6.07 Å². The van der Waals surface area contributed by atoms with E-state index in [9.17, 15) is 14.7 Å². The van der Waals surface area contributed by atoms with Crippen LogP contribution in [0.3, 0.4) is 0 Å². The number of carbonyl (C=O) groups is 2. The normalized spacial score (nSPS) is 8.62. The molecular weight excluding hydrogens is 183 g/mol. The molecular formula is C8H5NaO4. The quantitative estimate of drug-likeness (QED) is 0.494. The van der Waals surface area contributed by atoms with Crippen molar-refractivity contribution < 1.29 is 49.4 Å². The molecule has 0 aliphatic rings. The molecule has 0 saturated carbocycles. The first-order valence-corrected chi connectivity index (χ1v) is 3.16. The molecule has 0 saturated heterocycles. The van der Waals surface area contributed by atoms with Gasteiger partial charge >= 0.3 is 35.5 Å². The van der Waals surface area contributed by atoms with E-state index in [4.69, 9.17) is 5.11 Å². The molecule has 1 aromatic carbocycles. The molecule has 0 bridgehead atoms. The number of benzene rings is 1. The van der Waals surface area contributed by atoms with E-state index in [2.05, 4.69) is 0 Å². The Kier molecular flexibility index (Phi) is 4.69. The maximum absolute atomic E-state index is 10.4. The molecule has 0 amide bonds. The van der Waals surface area contributed by atoms with Gasteiger partial charge in [0, 0.05) is 0 Å². The molecule has 13 heavy (non-hydrogen) atoms. The van der Waals surface area contributed by atoms with Crippen molar-refractivity contribution in [2.24, 2.45) is 0 Å². The summed E-state index contributed by atoms with van der Waals surface area (Å²) in [5, 5.41) is 18.7. The van der Waals surface area contributed by atoms with Crippen molar-refractivity contribution in [1.82, 2.24) is 0 Å². The van der Waals surface area contributed by atoms with Crippen LogP contribution in [0.15, 0.2) is 24.3 Å². The SMILES string of the molecule is O=C([O-])c1cccc(C(=O)O)c1.[Na+]. The predicted octanol–water partition coefficient (Wildman–Crippen LogP) is -3.25. The van der Waals surface area contributed by atoms with Gasteiger partial charge in [0.1, 0.15) is 0 Å². The maximum Gasteiger partial charge on any atom is 1.00 e. The minimum atomic E-state index is -1.38. The largest absolute Gasteiger partial charge is 1.00 e. The summed E-state index contributed by atoms with van der Waals surface area (Å²) in [7, 11) is 0. The number of hydrogen-bond acceptors (Lipinski definition) is 3. The van der Waals surface area contributed by atoms with E-state index in [0.29, 0.717) is 0 Å². The Morgan fingerprint density at radius 3 is 2.23 bits per heavy atom. The van der Waals surface area contributed by atoms with Gasteiger partial charge in [0.25, 0.3) is 0 Å². The van der Waals surface area contributed by atoms with Gasteiger partial charge in [-0.15, -0.1) is 0 Å². The van der Waals surface area contributed by atoms with Crippen molar-refractivity contribution >= 4 is 11.9 Å². The Morgan fingerprint density at radius 1 is 1.23 bits per heavy atom. The fourth-order valence-corrected chi connectivity index (χ4v) is 0.779. The summed E-state index contributed by atoms with van der Waals surface area (Å²) in [6.45, 7) is 0. The van der Waals surface area contributed by atoms with E-state index < -0.39 is 11.9 Å². The van der Waals surface area contributed by atoms with E-state index in [1.807, 2.05) is 0 Å². The van der Waals surface area contributed by atoms with Gasteiger partial charge in [-0.2, -0.15) is 0 Å². The van der Waals surface area contributed by atoms with Gasteiger partial charge in [0.05, 0.1) is 11.5 Å². The molecule has 0 aliphatic carbocycles. The zero-order chi connectivity index (χ0) is 9.14. The molecule has 0 fully saturated rings. The molecule has 0 aliphatic heterocycles. The zero-order valence-electron chi connectivity index (χ0n) is 6.98. The van der Waals surface area contributed by atoms with Crippen molar-refractivity contribution in [3.63, 3.8) is 0 Å². The molecule has 5 heteroatoms. The minimum absolute atomic E-state index is 0. The topological polar surface area (TPSA) is 77.4 Å². The van der Waals surface area contributed by atoms with E-state index in [-0.39, 0.29) is 40.7 Å². The van der Waals surface area contributed by atoms with Crippen LogP contribution in [0.5, 0.6) is 0 Å². The molecule has 1 aromatic rings. The molecule has 0 heterocycles. The third-order valence-electron chi connectivity index (χ3n) is 1.35. The first-order chi connectivity index (χ1) is 5.61.